The Hall–Kier alpha value is 0.525. The lowest BCUT2D eigenvalue weighted by Crippen LogP contribution is -2.34. The molecule has 3 aliphatic heterocycles. The van der Waals surface area contributed by atoms with E-state index in [9.17, 15) is 13.7 Å². The second-order valence-corrected chi connectivity index (χ2v) is 19.2. The smallest absolute Gasteiger partial charge is 0.328 e. The van der Waals surface area contributed by atoms with Crippen molar-refractivity contribution in [2.24, 2.45) is 17.8 Å². The molecule has 0 aromatic rings. The van der Waals surface area contributed by atoms with E-state index in [0.29, 0.717) is 0 Å². The molecule has 236 valence electrons. The fraction of sp³-hybridized carbons (Fsp3) is 1.00. The minimum absolute atomic E-state index is 0.0139. The van der Waals surface area contributed by atoms with Crippen molar-refractivity contribution in [3.63, 3.8) is 0 Å². The van der Waals surface area contributed by atoms with Gasteiger partial charge in [0.25, 0.3) is 0 Å². The van der Waals surface area contributed by atoms with Crippen molar-refractivity contribution in [3.8, 4) is 0 Å². The first-order valence-corrected chi connectivity index (χ1v) is 20.8. The highest BCUT2D eigenvalue weighted by Crippen LogP contribution is 2.51. The molecule has 3 heterocycles. The van der Waals surface area contributed by atoms with Gasteiger partial charge in [0, 0.05) is 69.5 Å². The standard InChI is InChI=1S/C24H44B3O12P3/c1-13-19(37-40(5,6)28)17(35-22(13)25)10-32-12-41(7,29)38-20-14(2)23(26)36-18(20)11-33-42(8,30)39-21-15(3)24(27)34-16(21)9-31-4/h13-24H,9-12H2,1-8H3/t13?,14?,15?,16-,17-,18-,19?,20?,21?,22-,23-,24-,41?,42?/m1/s1. The molecule has 0 aromatic carbocycles. The summed E-state index contributed by atoms with van der Waals surface area (Å²) in [5, 5.41) is 0. The van der Waals surface area contributed by atoms with E-state index >= 15 is 0 Å². The van der Waals surface area contributed by atoms with E-state index in [4.69, 9.17) is 65.3 Å². The van der Waals surface area contributed by atoms with Crippen LogP contribution in [0.25, 0.3) is 0 Å². The minimum atomic E-state index is -3.61. The first kappa shape index (κ1) is 37.0. The molecular weight excluding hydrogens is 606 g/mol. The Kier molecular flexibility index (Phi) is 13.2. The van der Waals surface area contributed by atoms with E-state index in [2.05, 4.69) is 0 Å². The van der Waals surface area contributed by atoms with E-state index < -0.39 is 77.0 Å². The quantitative estimate of drug-likeness (QED) is 0.191. The second kappa shape index (κ2) is 15.0. The monoisotopic (exact) mass is 650 g/mol. The van der Waals surface area contributed by atoms with Gasteiger partial charge >= 0.3 is 7.60 Å². The molecule has 6 radical (unpaired) electrons. The van der Waals surface area contributed by atoms with E-state index in [1.54, 1.807) is 6.92 Å². The van der Waals surface area contributed by atoms with Crippen molar-refractivity contribution in [3.05, 3.63) is 0 Å². The van der Waals surface area contributed by atoms with E-state index in [0.717, 1.165) is 0 Å². The zero-order chi connectivity index (χ0) is 31.6. The maximum atomic E-state index is 13.4. The van der Waals surface area contributed by atoms with Crippen molar-refractivity contribution in [2.75, 3.05) is 59.9 Å². The molecule has 14 atom stereocenters. The minimum Gasteiger partial charge on any atom is -0.382 e. The van der Waals surface area contributed by atoms with Gasteiger partial charge in [-0.2, -0.15) is 0 Å². The predicted octanol–water partition coefficient (Wildman–Crippen LogP) is 2.64. The molecule has 12 nitrogen and oxygen atoms in total. The third-order valence-corrected chi connectivity index (χ3v) is 11.0. The molecule has 8 unspecified atom stereocenters. The van der Waals surface area contributed by atoms with Gasteiger partial charge in [0.05, 0.1) is 38.1 Å². The fourth-order valence-corrected chi connectivity index (χ4v) is 8.72. The van der Waals surface area contributed by atoms with Crippen molar-refractivity contribution < 1.29 is 55.5 Å². The molecule has 0 aliphatic carbocycles. The summed E-state index contributed by atoms with van der Waals surface area (Å²) in [5.74, 6) is -0.806. The van der Waals surface area contributed by atoms with Crippen molar-refractivity contribution >= 4 is 45.9 Å². The highest BCUT2D eigenvalue weighted by Gasteiger charge is 2.47. The van der Waals surface area contributed by atoms with E-state index in [1.807, 2.05) is 13.8 Å². The summed E-state index contributed by atoms with van der Waals surface area (Å²) < 4.78 is 90.4. The molecule has 0 amide bonds. The van der Waals surface area contributed by atoms with Crippen molar-refractivity contribution in [2.45, 2.75) is 75.4 Å². The molecule has 18 heteroatoms. The lowest BCUT2D eigenvalue weighted by molar-refractivity contribution is -0.0235. The predicted molar refractivity (Wildman–Crippen MR) is 161 cm³/mol. The van der Waals surface area contributed by atoms with Crippen molar-refractivity contribution in [1.82, 2.24) is 0 Å². The van der Waals surface area contributed by atoms with Gasteiger partial charge in [0.15, 0.2) is 7.37 Å². The van der Waals surface area contributed by atoms with Crippen LogP contribution in [0.15, 0.2) is 0 Å². The van der Waals surface area contributed by atoms with E-state index in [-0.39, 0.29) is 43.9 Å². The molecule has 0 saturated carbocycles. The summed E-state index contributed by atoms with van der Waals surface area (Å²) in [6, 6.07) is -1.92. The Labute approximate surface area is 254 Å². The van der Waals surface area contributed by atoms with Crippen LogP contribution in [-0.2, 0) is 55.5 Å². The summed E-state index contributed by atoms with van der Waals surface area (Å²) >= 11 is 0. The number of methoxy groups -OCH3 is 1. The van der Waals surface area contributed by atoms with Crippen LogP contribution in [-0.4, -0.2) is 138 Å². The Morgan fingerprint density at radius 3 is 1.55 bits per heavy atom. The zero-order valence-electron chi connectivity index (χ0n) is 25.7. The molecule has 3 fully saturated rings. The third kappa shape index (κ3) is 10.0. The first-order chi connectivity index (χ1) is 19.3. The molecule has 0 aromatic heterocycles. The number of hydrogen-bond acceptors (Lipinski definition) is 12. The number of ether oxygens (including phenoxy) is 5. The summed E-state index contributed by atoms with van der Waals surface area (Å²) in [6.07, 6.45) is -3.97. The topological polar surface area (TPSA) is 134 Å². The van der Waals surface area contributed by atoms with Crippen LogP contribution >= 0.6 is 22.3 Å². The number of hydrogen-bond donors (Lipinski definition) is 0. The maximum absolute atomic E-state index is 13.4. The lowest BCUT2D eigenvalue weighted by Gasteiger charge is -2.28. The average Bonchev–Trinajstić information content (AvgIpc) is 3.39. The molecule has 42 heavy (non-hydrogen) atoms. The molecule has 3 aliphatic rings. The van der Waals surface area contributed by atoms with Gasteiger partial charge in [-0.3, -0.25) is 13.7 Å². The van der Waals surface area contributed by atoms with Crippen LogP contribution in [0.5, 0.6) is 0 Å². The summed E-state index contributed by atoms with van der Waals surface area (Å²) in [7, 11) is 9.88. The van der Waals surface area contributed by atoms with Gasteiger partial charge in [-0.1, -0.05) is 20.8 Å². The van der Waals surface area contributed by atoms with Gasteiger partial charge < -0.3 is 41.8 Å². The Morgan fingerprint density at radius 2 is 1.07 bits per heavy atom. The maximum Gasteiger partial charge on any atom is 0.328 e. The fourth-order valence-electron chi connectivity index (χ4n) is 5.22. The lowest BCUT2D eigenvalue weighted by atomic mass is 9.86. The zero-order valence-corrected chi connectivity index (χ0v) is 28.4. The highest BCUT2D eigenvalue weighted by atomic mass is 31.2. The molecule has 3 saturated heterocycles. The first-order valence-electron chi connectivity index (χ1n) is 14.0. The highest BCUT2D eigenvalue weighted by molar-refractivity contribution is 7.58. The summed E-state index contributed by atoms with van der Waals surface area (Å²) in [4.78, 5) is 0. The van der Waals surface area contributed by atoms with Gasteiger partial charge in [-0.05, 0) is 0 Å². The van der Waals surface area contributed by atoms with Crippen LogP contribution in [0, 0.1) is 17.8 Å². The number of rotatable bonds is 15. The molecule has 3 rings (SSSR count). The van der Waals surface area contributed by atoms with Gasteiger partial charge in [0.1, 0.15) is 48.2 Å². The Morgan fingerprint density at radius 1 is 0.643 bits per heavy atom. The average molecular weight is 650 g/mol. The largest absolute Gasteiger partial charge is 0.382 e. The van der Waals surface area contributed by atoms with Crippen LogP contribution < -0.4 is 0 Å². The SMILES string of the molecule is [B][C@@H]1O[C@H](COCP(C)(=O)OC2C(C)[C@H]([B])O[C@@H]2COP(C)(=O)OC2C(C)[C@H]([B])O[C@@H]2COC)C(OP(C)(C)=O)C1C. The molecule has 0 N–H and O–H groups in total. The Bertz CT molecular complexity index is 1040. The van der Waals surface area contributed by atoms with Crippen LogP contribution in [0.1, 0.15) is 20.8 Å². The molecular formula is C24H44B3O12P3. The summed E-state index contributed by atoms with van der Waals surface area (Å²) in [6.45, 7) is 11.4. The van der Waals surface area contributed by atoms with Crippen LogP contribution in [0.4, 0.5) is 0 Å². The van der Waals surface area contributed by atoms with Crippen LogP contribution in [0.2, 0.25) is 0 Å². The third-order valence-electron chi connectivity index (χ3n) is 7.65. The normalized spacial score (nSPS) is 42.0. The Balaban J connectivity index is 1.56. The second-order valence-electron chi connectivity index (χ2n) is 12.0. The van der Waals surface area contributed by atoms with E-state index in [1.165, 1.54) is 33.8 Å². The van der Waals surface area contributed by atoms with Gasteiger partial charge in [-0.25, -0.2) is 0 Å². The van der Waals surface area contributed by atoms with Crippen molar-refractivity contribution in [1.29, 1.82) is 0 Å². The van der Waals surface area contributed by atoms with Gasteiger partial charge in [0.2, 0.25) is 7.37 Å². The van der Waals surface area contributed by atoms with Gasteiger partial charge in [-0.15, -0.1) is 0 Å². The molecule has 0 bridgehead atoms. The summed E-state index contributed by atoms with van der Waals surface area (Å²) in [5.41, 5.74) is 0. The van der Waals surface area contributed by atoms with Crippen LogP contribution in [0.3, 0.4) is 0 Å². The molecule has 0 spiro atoms.